The molecular weight excluding hydrogens is 338 g/mol. The highest BCUT2D eigenvalue weighted by Crippen LogP contribution is 2.26. The first-order valence-corrected chi connectivity index (χ1v) is 9.23. The molecule has 3 unspecified atom stereocenters. The molecule has 1 aromatic carbocycles. The Hall–Kier alpha value is -0.650. The molecule has 0 saturated heterocycles. The van der Waals surface area contributed by atoms with Crippen molar-refractivity contribution in [2.45, 2.75) is 32.4 Å². The second-order valence-corrected chi connectivity index (χ2v) is 7.66. The van der Waals surface area contributed by atoms with Crippen LogP contribution in [0.25, 0.3) is 11.0 Å². The Morgan fingerprint density at radius 1 is 1.35 bits per heavy atom. The fourth-order valence-corrected chi connectivity index (χ4v) is 3.25. The molecule has 5 heteroatoms. The minimum atomic E-state index is -0.729. The molecule has 3 atom stereocenters. The number of fused-ring (bicyclic) bond motifs is 1. The third-order valence-electron chi connectivity index (χ3n) is 3.30. The molecule has 0 bridgehead atoms. The van der Waals surface area contributed by atoms with Gasteiger partial charge in [0.15, 0.2) is 0 Å². The fourth-order valence-electron chi connectivity index (χ4n) is 2.18. The van der Waals surface area contributed by atoms with Crippen LogP contribution >= 0.6 is 15.9 Å². The van der Waals surface area contributed by atoms with Crippen LogP contribution in [-0.2, 0) is 10.8 Å². The molecule has 1 N–H and O–H groups in total. The van der Waals surface area contributed by atoms with E-state index >= 15 is 0 Å². The lowest BCUT2D eigenvalue weighted by Crippen LogP contribution is -2.29. The Bertz CT molecular complexity index is 611. The van der Waals surface area contributed by atoms with Gasteiger partial charge in [0.1, 0.15) is 11.3 Å². The first-order valence-electron chi connectivity index (χ1n) is 6.71. The summed E-state index contributed by atoms with van der Waals surface area (Å²) in [6.45, 7) is 4.20. The van der Waals surface area contributed by atoms with E-state index in [2.05, 4.69) is 47.2 Å². The van der Waals surface area contributed by atoms with Crippen molar-refractivity contribution in [3.8, 4) is 0 Å². The van der Waals surface area contributed by atoms with E-state index in [-0.39, 0.29) is 6.04 Å². The summed E-state index contributed by atoms with van der Waals surface area (Å²) in [4.78, 5) is 0. The summed E-state index contributed by atoms with van der Waals surface area (Å²) in [7, 11) is -0.729. The molecule has 0 aliphatic carbocycles. The highest BCUT2D eigenvalue weighted by atomic mass is 79.9. The Morgan fingerprint density at radius 2 is 2.10 bits per heavy atom. The first-order chi connectivity index (χ1) is 9.45. The van der Waals surface area contributed by atoms with Crippen molar-refractivity contribution in [3.63, 3.8) is 0 Å². The zero-order chi connectivity index (χ0) is 14.7. The van der Waals surface area contributed by atoms with Crippen LogP contribution in [0.5, 0.6) is 0 Å². The molecule has 110 valence electrons. The Kier molecular flexibility index (Phi) is 5.41. The van der Waals surface area contributed by atoms with Crippen molar-refractivity contribution in [3.05, 3.63) is 34.5 Å². The van der Waals surface area contributed by atoms with E-state index in [0.717, 1.165) is 33.4 Å². The van der Waals surface area contributed by atoms with Crippen molar-refractivity contribution in [1.82, 2.24) is 5.32 Å². The van der Waals surface area contributed by atoms with Gasteiger partial charge in [-0.1, -0.05) is 15.9 Å². The van der Waals surface area contributed by atoms with Crippen LogP contribution in [-0.4, -0.2) is 22.3 Å². The molecule has 20 heavy (non-hydrogen) atoms. The summed E-state index contributed by atoms with van der Waals surface area (Å²) in [6.07, 6.45) is 2.65. The molecule has 0 aliphatic rings. The topological polar surface area (TPSA) is 42.2 Å². The molecule has 0 amide bonds. The molecule has 0 radical (unpaired) electrons. The number of rotatable bonds is 6. The third-order valence-corrected chi connectivity index (χ3v) is 4.60. The van der Waals surface area contributed by atoms with Gasteiger partial charge < -0.3 is 9.73 Å². The highest BCUT2D eigenvalue weighted by molar-refractivity contribution is 9.10. The quantitative estimate of drug-likeness (QED) is 0.849. The number of furan rings is 1. The Morgan fingerprint density at radius 3 is 2.80 bits per heavy atom. The smallest absolute Gasteiger partial charge is 0.134 e. The van der Waals surface area contributed by atoms with Crippen LogP contribution in [0.15, 0.2) is 33.2 Å². The predicted octanol–water partition coefficient (Wildman–Crippen LogP) is 4.00. The molecular formula is C15H20BrNO2S. The molecule has 1 heterocycles. The molecule has 0 spiro atoms. The van der Waals surface area contributed by atoms with Crippen LogP contribution in [0.2, 0.25) is 0 Å². The zero-order valence-electron chi connectivity index (χ0n) is 12.0. The molecule has 0 fully saturated rings. The number of hydrogen-bond acceptors (Lipinski definition) is 3. The first kappa shape index (κ1) is 15.7. The van der Waals surface area contributed by atoms with E-state index in [4.69, 9.17) is 4.42 Å². The summed E-state index contributed by atoms with van der Waals surface area (Å²) < 4.78 is 18.0. The molecule has 1 aromatic heterocycles. The van der Waals surface area contributed by atoms with Crippen LogP contribution in [0.1, 0.15) is 32.1 Å². The average Bonchev–Trinajstić information content (AvgIpc) is 2.79. The lowest BCUT2D eigenvalue weighted by Gasteiger charge is -2.17. The van der Waals surface area contributed by atoms with Gasteiger partial charge in [0.05, 0.1) is 6.04 Å². The van der Waals surface area contributed by atoms with Crippen LogP contribution in [0.4, 0.5) is 0 Å². The summed E-state index contributed by atoms with van der Waals surface area (Å²) in [5.74, 6) is 1.66. The van der Waals surface area contributed by atoms with Crippen molar-refractivity contribution >= 4 is 37.7 Å². The maximum absolute atomic E-state index is 11.1. The van der Waals surface area contributed by atoms with Crippen molar-refractivity contribution in [1.29, 1.82) is 0 Å². The van der Waals surface area contributed by atoms with Gasteiger partial charge in [-0.05, 0) is 44.5 Å². The minimum Gasteiger partial charge on any atom is -0.459 e. The molecule has 2 aromatic rings. The maximum Gasteiger partial charge on any atom is 0.134 e. The lowest BCUT2D eigenvalue weighted by molar-refractivity contribution is 0.407. The van der Waals surface area contributed by atoms with Gasteiger partial charge in [-0.2, -0.15) is 0 Å². The van der Waals surface area contributed by atoms with Crippen LogP contribution < -0.4 is 5.32 Å². The maximum atomic E-state index is 11.1. The van der Waals surface area contributed by atoms with Crippen molar-refractivity contribution in [2.75, 3.05) is 12.0 Å². The fraction of sp³-hybridized carbons (Fsp3) is 0.467. The number of hydrogen-bond donors (Lipinski definition) is 1. The molecule has 2 rings (SSSR count). The van der Waals surface area contributed by atoms with Gasteiger partial charge in [0, 0.05) is 38.7 Å². The lowest BCUT2D eigenvalue weighted by atomic mass is 10.2. The molecule has 0 saturated carbocycles. The Labute approximate surface area is 130 Å². The molecule has 0 aliphatic heterocycles. The number of nitrogens with one attached hydrogen (secondary N) is 1. The van der Waals surface area contributed by atoms with Gasteiger partial charge in [0.25, 0.3) is 0 Å². The summed E-state index contributed by atoms with van der Waals surface area (Å²) in [5, 5.41) is 4.59. The van der Waals surface area contributed by atoms with E-state index < -0.39 is 10.8 Å². The van der Waals surface area contributed by atoms with Gasteiger partial charge in [-0.15, -0.1) is 0 Å². The van der Waals surface area contributed by atoms with Gasteiger partial charge in [-0.3, -0.25) is 4.21 Å². The van der Waals surface area contributed by atoms with Crippen molar-refractivity contribution in [2.24, 2.45) is 0 Å². The Balaban J connectivity index is 2.03. The van der Waals surface area contributed by atoms with E-state index in [0.29, 0.717) is 6.04 Å². The average molecular weight is 358 g/mol. The highest BCUT2D eigenvalue weighted by Gasteiger charge is 2.14. The zero-order valence-corrected chi connectivity index (χ0v) is 14.4. The number of halogens is 1. The second-order valence-electron chi connectivity index (χ2n) is 5.19. The van der Waals surface area contributed by atoms with E-state index in [1.54, 1.807) is 6.26 Å². The van der Waals surface area contributed by atoms with Gasteiger partial charge >= 0.3 is 0 Å². The SMILES string of the molecule is CC(CCS(C)=O)NC(C)c1cc2cc(Br)ccc2o1. The van der Waals surface area contributed by atoms with Crippen LogP contribution in [0, 0.1) is 0 Å². The summed E-state index contributed by atoms with van der Waals surface area (Å²) in [6, 6.07) is 8.53. The third kappa shape index (κ3) is 4.17. The molecule has 3 nitrogen and oxygen atoms in total. The van der Waals surface area contributed by atoms with E-state index in [9.17, 15) is 4.21 Å². The van der Waals surface area contributed by atoms with Gasteiger partial charge in [-0.25, -0.2) is 0 Å². The number of benzene rings is 1. The largest absolute Gasteiger partial charge is 0.459 e. The standard InChI is InChI=1S/C15H20BrNO2S/c1-10(6-7-20(3)18)17-11(2)15-9-12-8-13(16)4-5-14(12)19-15/h4-5,8-11,17H,6-7H2,1-3H3. The monoisotopic (exact) mass is 357 g/mol. The predicted molar refractivity (Wildman–Crippen MR) is 88.5 cm³/mol. The van der Waals surface area contributed by atoms with E-state index in [1.807, 2.05) is 12.1 Å². The van der Waals surface area contributed by atoms with E-state index in [1.165, 1.54) is 0 Å². The second kappa shape index (κ2) is 6.87. The minimum absolute atomic E-state index is 0.140. The normalized spacial score (nSPS) is 16.2. The van der Waals surface area contributed by atoms with Gasteiger partial charge in [0.2, 0.25) is 0 Å². The van der Waals surface area contributed by atoms with Crippen molar-refractivity contribution < 1.29 is 8.63 Å². The summed E-state index contributed by atoms with van der Waals surface area (Å²) >= 11 is 3.47. The summed E-state index contributed by atoms with van der Waals surface area (Å²) in [5.41, 5.74) is 0.902. The van der Waals surface area contributed by atoms with Crippen LogP contribution in [0.3, 0.4) is 0 Å².